The molecule has 0 amide bonds. The van der Waals surface area contributed by atoms with Crippen molar-refractivity contribution in [2.24, 2.45) is 0 Å². The molecular weight excluding hydrogens is 243 g/mol. The van der Waals surface area contributed by atoms with Crippen molar-refractivity contribution in [1.82, 2.24) is 5.32 Å². The SMILES string of the molecule is Cl.N#CC1(c2ccccc2Cl)CCNCC1. The van der Waals surface area contributed by atoms with Crippen LogP contribution in [0, 0.1) is 11.3 Å². The number of rotatable bonds is 1. The van der Waals surface area contributed by atoms with Crippen LogP contribution in [-0.2, 0) is 5.41 Å². The van der Waals surface area contributed by atoms with E-state index in [9.17, 15) is 5.26 Å². The fourth-order valence-corrected chi connectivity index (χ4v) is 2.46. The molecule has 0 atom stereocenters. The molecule has 2 rings (SSSR count). The largest absolute Gasteiger partial charge is 0.317 e. The average Bonchev–Trinajstić information content (AvgIpc) is 2.30. The van der Waals surface area contributed by atoms with E-state index < -0.39 is 0 Å². The van der Waals surface area contributed by atoms with Gasteiger partial charge < -0.3 is 5.32 Å². The first-order chi connectivity index (χ1) is 7.28. The molecule has 0 spiro atoms. The maximum atomic E-state index is 9.38. The molecule has 1 aromatic carbocycles. The smallest absolute Gasteiger partial charge is 0.0860 e. The number of nitriles is 1. The number of benzene rings is 1. The molecule has 0 bridgehead atoms. The molecule has 1 aliphatic rings. The van der Waals surface area contributed by atoms with Crippen molar-refractivity contribution in [2.45, 2.75) is 18.3 Å². The predicted octanol–water partition coefficient (Wildman–Crippen LogP) is 2.91. The van der Waals surface area contributed by atoms with E-state index in [4.69, 9.17) is 11.6 Å². The second-order valence-corrected chi connectivity index (χ2v) is 4.33. The maximum Gasteiger partial charge on any atom is 0.0860 e. The average molecular weight is 257 g/mol. The van der Waals surface area contributed by atoms with Gasteiger partial charge in [-0.25, -0.2) is 0 Å². The fraction of sp³-hybridized carbons (Fsp3) is 0.417. The molecule has 1 heterocycles. The van der Waals surface area contributed by atoms with Gasteiger partial charge >= 0.3 is 0 Å². The highest BCUT2D eigenvalue weighted by atomic mass is 35.5. The van der Waals surface area contributed by atoms with Crippen LogP contribution in [0.2, 0.25) is 5.02 Å². The second kappa shape index (κ2) is 5.54. The van der Waals surface area contributed by atoms with Gasteiger partial charge in [0.1, 0.15) is 0 Å². The Morgan fingerprint density at radius 3 is 2.44 bits per heavy atom. The Bertz CT molecular complexity index is 392. The molecule has 0 aliphatic carbocycles. The third kappa shape index (κ3) is 2.32. The van der Waals surface area contributed by atoms with Gasteiger partial charge in [0.2, 0.25) is 0 Å². The van der Waals surface area contributed by atoms with Crippen molar-refractivity contribution in [3.05, 3.63) is 34.9 Å². The lowest BCUT2D eigenvalue weighted by atomic mass is 9.74. The van der Waals surface area contributed by atoms with Gasteiger partial charge in [-0.1, -0.05) is 29.8 Å². The number of hydrogen-bond donors (Lipinski definition) is 1. The number of nitrogens with one attached hydrogen (secondary N) is 1. The Labute approximate surface area is 107 Å². The molecule has 1 aliphatic heterocycles. The minimum atomic E-state index is -0.385. The van der Waals surface area contributed by atoms with Crippen LogP contribution < -0.4 is 5.32 Å². The Morgan fingerprint density at radius 2 is 1.88 bits per heavy atom. The minimum Gasteiger partial charge on any atom is -0.317 e. The lowest BCUT2D eigenvalue weighted by molar-refractivity contribution is 0.382. The lowest BCUT2D eigenvalue weighted by Crippen LogP contribution is -2.39. The van der Waals surface area contributed by atoms with Crippen LogP contribution in [0.15, 0.2) is 24.3 Å². The summed E-state index contributed by atoms with van der Waals surface area (Å²) in [5, 5.41) is 13.4. The quantitative estimate of drug-likeness (QED) is 0.839. The maximum absolute atomic E-state index is 9.38. The number of halogens is 2. The fourth-order valence-electron chi connectivity index (χ4n) is 2.14. The van der Waals surface area contributed by atoms with Gasteiger partial charge in [0, 0.05) is 5.02 Å². The molecule has 1 aromatic rings. The van der Waals surface area contributed by atoms with Crippen molar-refractivity contribution in [3.8, 4) is 6.07 Å². The molecule has 0 saturated carbocycles. The summed E-state index contributed by atoms with van der Waals surface area (Å²) in [7, 11) is 0. The van der Waals surface area contributed by atoms with Crippen molar-refractivity contribution >= 4 is 24.0 Å². The van der Waals surface area contributed by atoms with Gasteiger partial charge in [-0.15, -0.1) is 12.4 Å². The second-order valence-electron chi connectivity index (χ2n) is 3.92. The summed E-state index contributed by atoms with van der Waals surface area (Å²) >= 11 is 6.15. The summed E-state index contributed by atoms with van der Waals surface area (Å²) in [5.41, 5.74) is 0.597. The minimum absolute atomic E-state index is 0. The van der Waals surface area contributed by atoms with Gasteiger partial charge in [-0.2, -0.15) is 5.26 Å². The van der Waals surface area contributed by atoms with Crippen molar-refractivity contribution < 1.29 is 0 Å². The van der Waals surface area contributed by atoms with Crippen LogP contribution in [0.4, 0.5) is 0 Å². The van der Waals surface area contributed by atoms with E-state index >= 15 is 0 Å². The van der Waals surface area contributed by atoms with Crippen LogP contribution in [0.25, 0.3) is 0 Å². The normalized spacial score (nSPS) is 18.2. The van der Waals surface area contributed by atoms with Gasteiger partial charge in [-0.3, -0.25) is 0 Å². The van der Waals surface area contributed by atoms with E-state index in [1.54, 1.807) is 0 Å². The highest BCUT2D eigenvalue weighted by molar-refractivity contribution is 6.31. The predicted molar refractivity (Wildman–Crippen MR) is 68.1 cm³/mol. The molecule has 1 saturated heterocycles. The molecule has 1 N–H and O–H groups in total. The number of nitrogens with zero attached hydrogens (tertiary/aromatic N) is 1. The lowest BCUT2D eigenvalue weighted by Gasteiger charge is -2.32. The zero-order valence-corrected chi connectivity index (χ0v) is 10.4. The molecule has 86 valence electrons. The summed E-state index contributed by atoms with van der Waals surface area (Å²) in [6.07, 6.45) is 1.68. The van der Waals surface area contributed by atoms with Gasteiger partial charge in [0.15, 0.2) is 0 Å². The van der Waals surface area contributed by atoms with Crippen LogP contribution in [0.1, 0.15) is 18.4 Å². The third-order valence-corrected chi connectivity index (χ3v) is 3.39. The molecule has 0 aromatic heterocycles. The summed E-state index contributed by atoms with van der Waals surface area (Å²) in [4.78, 5) is 0. The topological polar surface area (TPSA) is 35.8 Å². The van der Waals surface area contributed by atoms with Gasteiger partial charge in [0.05, 0.1) is 11.5 Å². The van der Waals surface area contributed by atoms with E-state index in [0.29, 0.717) is 5.02 Å². The van der Waals surface area contributed by atoms with E-state index in [1.807, 2.05) is 24.3 Å². The van der Waals surface area contributed by atoms with E-state index in [0.717, 1.165) is 31.5 Å². The molecule has 0 unspecified atom stereocenters. The van der Waals surface area contributed by atoms with E-state index in [-0.39, 0.29) is 17.8 Å². The van der Waals surface area contributed by atoms with Gasteiger partial charge in [-0.05, 0) is 37.6 Å². The zero-order chi connectivity index (χ0) is 10.7. The van der Waals surface area contributed by atoms with Crippen LogP contribution in [0.3, 0.4) is 0 Å². The highest BCUT2D eigenvalue weighted by Gasteiger charge is 2.35. The summed E-state index contributed by atoms with van der Waals surface area (Å²) in [6, 6.07) is 10.1. The Kier molecular flexibility index (Phi) is 4.61. The van der Waals surface area contributed by atoms with Crippen LogP contribution in [0.5, 0.6) is 0 Å². The summed E-state index contributed by atoms with van der Waals surface area (Å²) < 4.78 is 0. The van der Waals surface area contributed by atoms with Gasteiger partial charge in [0.25, 0.3) is 0 Å². The Balaban J connectivity index is 0.00000128. The van der Waals surface area contributed by atoms with Crippen LogP contribution >= 0.6 is 24.0 Å². The van der Waals surface area contributed by atoms with E-state index in [1.165, 1.54) is 0 Å². The monoisotopic (exact) mass is 256 g/mol. The first kappa shape index (κ1) is 13.3. The first-order valence-electron chi connectivity index (χ1n) is 5.15. The number of piperidine rings is 1. The molecular formula is C12H14Cl2N2. The van der Waals surface area contributed by atoms with Crippen molar-refractivity contribution in [3.63, 3.8) is 0 Å². The Morgan fingerprint density at radius 1 is 1.25 bits per heavy atom. The molecule has 16 heavy (non-hydrogen) atoms. The zero-order valence-electron chi connectivity index (χ0n) is 8.87. The molecule has 4 heteroatoms. The standard InChI is InChI=1S/C12H13ClN2.ClH/c13-11-4-2-1-3-10(11)12(9-14)5-7-15-8-6-12;/h1-4,15H,5-8H2;1H. The number of hydrogen-bond acceptors (Lipinski definition) is 2. The summed E-state index contributed by atoms with van der Waals surface area (Å²) in [6.45, 7) is 1.78. The Hall–Kier alpha value is -0.750. The highest BCUT2D eigenvalue weighted by Crippen LogP contribution is 2.36. The molecule has 1 fully saturated rings. The first-order valence-corrected chi connectivity index (χ1v) is 5.53. The van der Waals surface area contributed by atoms with Crippen LogP contribution in [-0.4, -0.2) is 13.1 Å². The van der Waals surface area contributed by atoms with Crippen molar-refractivity contribution in [2.75, 3.05) is 13.1 Å². The summed E-state index contributed by atoms with van der Waals surface area (Å²) in [5.74, 6) is 0. The van der Waals surface area contributed by atoms with E-state index in [2.05, 4.69) is 11.4 Å². The van der Waals surface area contributed by atoms with Crippen molar-refractivity contribution in [1.29, 1.82) is 5.26 Å². The molecule has 0 radical (unpaired) electrons. The molecule has 2 nitrogen and oxygen atoms in total. The third-order valence-electron chi connectivity index (χ3n) is 3.06.